The highest BCUT2D eigenvalue weighted by Gasteiger charge is 2.03. The van der Waals surface area contributed by atoms with E-state index in [4.69, 9.17) is 4.74 Å². The van der Waals surface area contributed by atoms with Crippen molar-refractivity contribution in [3.63, 3.8) is 0 Å². The topological polar surface area (TPSA) is 52.0 Å². The van der Waals surface area contributed by atoms with Gasteiger partial charge < -0.3 is 14.6 Å². The minimum atomic E-state index is 0.861. The highest BCUT2D eigenvalue weighted by molar-refractivity contribution is 5.92. The number of methoxy groups -OCH3 is 1. The SMILES string of the molecule is COc1ccc2c(NCCCn3ccnc3)nccc2c1. The van der Waals surface area contributed by atoms with Crippen molar-refractivity contribution in [1.29, 1.82) is 0 Å². The summed E-state index contributed by atoms with van der Waals surface area (Å²) in [5.41, 5.74) is 0. The number of hydrogen-bond donors (Lipinski definition) is 1. The Labute approximate surface area is 123 Å². The lowest BCUT2D eigenvalue weighted by molar-refractivity contribution is 0.415. The molecule has 0 aliphatic carbocycles. The van der Waals surface area contributed by atoms with Crippen LogP contribution in [0.25, 0.3) is 10.8 Å². The van der Waals surface area contributed by atoms with E-state index >= 15 is 0 Å². The molecule has 0 unspecified atom stereocenters. The summed E-state index contributed by atoms with van der Waals surface area (Å²) in [4.78, 5) is 8.46. The van der Waals surface area contributed by atoms with Gasteiger partial charge in [0.2, 0.25) is 0 Å². The highest BCUT2D eigenvalue weighted by atomic mass is 16.5. The maximum atomic E-state index is 5.25. The van der Waals surface area contributed by atoms with Crippen LogP contribution in [0.1, 0.15) is 6.42 Å². The number of nitrogens with zero attached hydrogens (tertiary/aromatic N) is 3. The van der Waals surface area contributed by atoms with Crippen LogP contribution < -0.4 is 10.1 Å². The van der Waals surface area contributed by atoms with Crippen LogP contribution in [0.2, 0.25) is 0 Å². The molecule has 0 saturated carbocycles. The summed E-state index contributed by atoms with van der Waals surface area (Å²) in [7, 11) is 1.68. The second kappa shape index (κ2) is 6.26. The number of ether oxygens (including phenoxy) is 1. The third kappa shape index (κ3) is 3.13. The molecule has 0 spiro atoms. The van der Waals surface area contributed by atoms with Crippen LogP contribution in [0.4, 0.5) is 5.82 Å². The molecule has 0 atom stereocenters. The predicted octanol–water partition coefficient (Wildman–Crippen LogP) is 2.94. The Kier molecular flexibility index (Phi) is 4.00. The zero-order valence-corrected chi connectivity index (χ0v) is 12.0. The molecule has 0 saturated heterocycles. The largest absolute Gasteiger partial charge is 0.497 e. The van der Waals surface area contributed by atoms with Crippen LogP contribution in [0.3, 0.4) is 0 Å². The van der Waals surface area contributed by atoms with Gasteiger partial charge in [-0.15, -0.1) is 0 Å². The summed E-state index contributed by atoms with van der Waals surface area (Å²) in [5, 5.41) is 5.64. The number of aryl methyl sites for hydroxylation is 1. The molecule has 2 heterocycles. The second-order valence-electron chi connectivity index (χ2n) is 4.83. The fourth-order valence-electron chi connectivity index (χ4n) is 2.31. The molecule has 5 heteroatoms. The molecule has 0 fully saturated rings. The normalized spacial score (nSPS) is 10.7. The van der Waals surface area contributed by atoms with E-state index in [2.05, 4.69) is 19.9 Å². The van der Waals surface area contributed by atoms with Gasteiger partial charge in [0.25, 0.3) is 0 Å². The molecule has 3 aromatic rings. The summed E-state index contributed by atoms with van der Waals surface area (Å²) < 4.78 is 7.33. The van der Waals surface area contributed by atoms with E-state index in [0.29, 0.717) is 0 Å². The van der Waals surface area contributed by atoms with Crippen molar-refractivity contribution >= 4 is 16.6 Å². The summed E-state index contributed by atoms with van der Waals surface area (Å²) in [6, 6.07) is 8.02. The Morgan fingerprint density at radius 3 is 3.00 bits per heavy atom. The predicted molar refractivity (Wildman–Crippen MR) is 83.6 cm³/mol. The fraction of sp³-hybridized carbons (Fsp3) is 0.250. The first-order chi connectivity index (χ1) is 10.4. The van der Waals surface area contributed by atoms with Crippen LogP contribution in [0.15, 0.2) is 49.2 Å². The van der Waals surface area contributed by atoms with Gasteiger partial charge in [0.1, 0.15) is 11.6 Å². The number of benzene rings is 1. The number of rotatable bonds is 6. The van der Waals surface area contributed by atoms with E-state index in [1.165, 1.54) is 0 Å². The van der Waals surface area contributed by atoms with Gasteiger partial charge in [-0.2, -0.15) is 0 Å². The molecular weight excluding hydrogens is 264 g/mol. The lowest BCUT2D eigenvalue weighted by Crippen LogP contribution is -2.07. The molecule has 1 N–H and O–H groups in total. The van der Waals surface area contributed by atoms with Gasteiger partial charge in [-0.1, -0.05) is 0 Å². The average Bonchev–Trinajstić information content (AvgIpc) is 3.04. The molecule has 21 heavy (non-hydrogen) atoms. The Morgan fingerprint density at radius 2 is 2.19 bits per heavy atom. The van der Waals surface area contributed by atoms with E-state index in [-0.39, 0.29) is 0 Å². The molecule has 1 aromatic carbocycles. The van der Waals surface area contributed by atoms with Gasteiger partial charge in [-0.05, 0) is 36.1 Å². The lowest BCUT2D eigenvalue weighted by atomic mass is 10.1. The quantitative estimate of drug-likeness (QED) is 0.706. The van der Waals surface area contributed by atoms with Crippen molar-refractivity contribution in [2.75, 3.05) is 19.0 Å². The Balaban J connectivity index is 1.66. The number of aromatic nitrogens is 3. The Bertz CT molecular complexity index is 709. The van der Waals surface area contributed by atoms with Crippen molar-refractivity contribution in [2.24, 2.45) is 0 Å². The standard InChI is InChI=1S/C16H18N4O/c1-21-14-3-4-15-13(11-14)5-7-19-16(15)18-6-2-9-20-10-8-17-12-20/h3-5,7-8,10-12H,2,6,9H2,1H3,(H,18,19). The van der Waals surface area contributed by atoms with Crippen LogP contribution in [0, 0.1) is 0 Å². The maximum absolute atomic E-state index is 5.25. The minimum absolute atomic E-state index is 0.861. The van der Waals surface area contributed by atoms with Crippen molar-refractivity contribution < 1.29 is 4.74 Å². The monoisotopic (exact) mass is 282 g/mol. The van der Waals surface area contributed by atoms with Crippen molar-refractivity contribution in [1.82, 2.24) is 14.5 Å². The van der Waals surface area contributed by atoms with E-state index in [0.717, 1.165) is 41.9 Å². The van der Waals surface area contributed by atoms with Crippen molar-refractivity contribution in [2.45, 2.75) is 13.0 Å². The van der Waals surface area contributed by atoms with Gasteiger partial charge in [-0.3, -0.25) is 0 Å². The van der Waals surface area contributed by atoms with Gasteiger partial charge in [0.05, 0.1) is 13.4 Å². The van der Waals surface area contributed by atoms with E-state index < -0.39 is 0 Å². The first-order valence-electron chi connectivity index (χ1n) is 6.99. The first-order valence-corrected chi connectivity index (χ1v) is 6.99. The first kappa shape index (κ1) is 13.4. The van der Waals surface area contributed by atoms with Gasteiger partial charge in [0, 0.05) is 37.1 Å². The molecular formula is C16H18N4O. The minimum Gasteiger partial charge on any atom is -0.497 e. The van der Waals surface area contributed by atoms with Crippen molar-refractivity contribution in [3.8, 4) is 5.75 Å². The number of hydrogen-bond acceptors (Lipinski definition) is 4. The fourth-order valence-corrected chi connectivity index (χ4v) is 2.31. The molecule has 2 aromatic heterocycles. The van der Waals surface area contributed by atoms with Crippen LogP contribution >= 0.6 is 0 Å². The zero-order chi connectivity index (χ0) is 14.5. The Morgan fingerprint density at radius 1 is 1.24 bits per heavy atom. The third-order valence-corrected chi connectivity index (χ3v) is 3.42. The number of nitrogens with one attached hydrogen (secondary N) is 1. The number of anilines is 1. The average molecular weight is 282 g/mol. The van der Waals surface area contributed by atoms with Crippen LogP contribution in [0.5, 0.6) is 5.75 Å². The number of imidazole rings is 1. The lowest BCUT2D eigenvalue weighted by Gasteiger charge is -2.10. The Hall–Kier alpha value is -2.56. The molecule has 3 rings (SSSR count). The van der Waals surface area contributed by atoms with Crippen LogP contribution in [-0.4, -0.2) is 28.2 Å². The van der Waals surface area contributed by atoms with E-state index in [1.54, 1.807) is 13.3 Å². The molecule has 108 valence electrons. The molecule has 0 aliphatic heterocycles. The maximum Gasteiger partial charge on any atom is 0.133 e. The summed E-state index contributed by atoms with van der Waals surface area (Å²) in [6.45, 7) is 1.82. The van der Waals surface area contributed by atoms with Crippen molar-refractivity contribution in [3.05, 3.63) is 49.2 Å². The number of fused-ring (bicyclic) bond motifs is 1. The summed E-state index contributed by atoms with van der Waals surface area (Å²) in [6.07, 6.45) is 8.45. The second-order valence-corrected chi connectivity index (χ2v) is 4.83. The summed E-state index contributed by atoms with van der Waals surface area (Å²) in [5.74, 6) is 1.78. The molecule has 0 bridgehead atoms. The third-order valence-electron chi connectivity index (χ3n) is 3.42. The number of pyridine rings is 1. The molecule has 0 aliphatic rings. The smallest absolute Gasteiger partial charge is 0.133 e. The zero-order valence-electron chi connectivity index (χ0n) is 12.0. The molecule has 5 nitrogen and oxygen atoms in total. The molecule has 0 amide bonds. The van der Waals surface area contributed by atoms with Gasteiger partial charge in [0.15, 0.2) is 0 Å². The molecule has 0 radical (unpaired) electrons. The summed E-state index contributed by atoms with van der Waals surface area (Å²) >= 11 is 0. The van der Waals surface area contributed by atoms with Gasteiger partial charge in [-0.25, -0.2) is 9.97 Å². The van der Waals surface area contributed by atoms with Crippen LogP contribution in [-0.2, 0) is 6.54 Å². The van der Waals surface area contributed by atoms with E-state index in [9.17, 15) is 0 Å². The van der Waals surface area contributed by atoms with E-state index in [1.807, 2.05) is 43.0 Å². The van der Waals surface area contributed by atoms with Gasteiger partial charge >= 0.3 is 0 Å². The highest BCUT2D eigenvalue weighted by Crippen LogP contribution is 2.25.